The molecular weight excluding hydrogens is 676 g/mol. The van der Waals surface area contributed by atoms with Crippen molar-refractivity contribution >= 4 is 23.8 Å². The number of aliphatic hydroxyl groups is 1. The summed E-state index contributed by atoms with van der Waals surface area (Å²) in [4.78, 5) is 58.0. The first-order valence-corrected chi connectivity index (χ1v) is 17.6. The lowest BCUT2D eigenvalue weighted by Crippen LogP contribution is -2.67. The third-order valence-corrected chi connectivity index (χ3v) is 9.47. The van der Waals surface area contributed by atoms with E-state index in [1.165, 1.54) is 12.1 Å². The van der Waals surface area contributed by atoms with Crippen molar-refractivity contribution in [3.05, 3.63) is 90.1 Å². The molecule has 1 aromatic heterocycles. The zero-order chi connectivity index (χ0) is 39.7. The quantitative estimate of drug-likeness (QED) is 0.0881. The number of carbonyl (C=O) groups is 4. The maximum absolute atomic E-state index is 14.3. The third kappa shape index (κ3) is 11.2. The van der Waals surface area contributed by atoms with Crippen LogP contribution in [0.25, 0.3) is 11.3 Å². The number of carboxylic acids is 2. The second-order valence-corrected chi connectivity index (χ2v) is 15.8. The lowest BCUT2D eigenvalue weighted by atomic mass is 9.82. The number of benzene rings is 2. The van der Waals surface area contributed by atoms with Gasteiger partial charge in [0.25, 0.3) is 5.91 Å². The predicted molar refractivity (Wildman–Crippen MR) is 203 cm³/mol. The molecule has 6 N–H and O–H groups in total. The molecule has 13 heteroatoms. The van der Waals surface area contributed by atoms with Crippen molar-refractivity contribution in [2.24, 2.45) is 10.8 Å². The number of aliphatic hydroxyl groups excluding tert-OH is 1. The van der Waals surface area contributed by atoms with Crippen molar-refractivity contribution in [1.82, 2.24) is 31.0 Å². The van der Waals surface area contributed by atoms with Crippen LogP contribution in [0.5, 0.6) is 0 Å². The Hall–Kier alpha value is -4.69. The highest BCUT2D eigenvalue weighted by atomic mass is 16.4. The van der Waals surface area contributed by atoms with Crippen molar-refractivity contribution in [2.75, 3.05) is 20.6 Å². The van der Waals surface area contributed by atoms with Gasteiger partial charge in [0.15, 0.2) is 0 Å². The Morgan fingerprint density at radius 3 is 1.85 bits per heavy atom. The van der Waals surface area contributed by atoms with Gasteiger partial charge in [0.2, 0.25) is 11.4 Å². The Morgan fingerprint density at radius 1 is 0.774 bits per heavy atom. The molecule has 3 rings (SSSR count). The Bertz CT molecular complexity index is 1660. The van der Waals surface area contributed by atoms with Gasteiger partial charge in [-0.05, 0) is 61.5 Å². The number of aliphatic carboxylic acids is 2. The molecule has 2 aromatic carbocycles. The van der Waals surface area contributed by atoms with E-state index in [0.717, 1.165) is 34.2 Å². The molecule has 0 aliphatic carbocycles. The minimum absolute atomic E-state index is 0.105. The number of carboxylic acid groups (broad SMARTS) is 2. The van der Waals surface area contributed by atoms with E-state index in [9.17, 15) is 34.5 Å². The van der Waals surface area contributed by atoms with Gasteiger partial charge >= 0.3 is 11.9 Å². The summed E-state index contributed by atoms with van der Waals surface area (Å²) < 4.78 is 0. The Kier molecular flexibility index (Phi) is 14.4. The summed E-state index contributed by atoms with van der Waals surface area (Å²) in [7, 11) is 3.00. The first-order valence-electron chi connectivity index (χ1n) is 17.6. The molecule has 0 aliphatic rings. The highest BCUT2D eigenvalue weighted by Crippen LogP contribution is 2.30. The summed E-state index contributed by atoms with van der Waals surface area (Å²) in [5, 5.41) is 39.5. The van der Waals surface area contributed by atoms with Crippen LogP contribution in [0.1, 0.15) is 59.6 Å². The number of hydrogen-bond acceptors (Lipinski definition) is 9. The van der Waals surface area contributed by atoms with Crippen molar-refractivity contribution in [3.63, 3.8) is 0 Å². The van der Waals surface area contributed by atoms with E-state index in [-0.39, 0.29) is 25.4 Å². The molecule has 0 bridgehead atoms. The Labute approximate surface area is 312 Å². The summed E-state index contributed by atoms with van der Waals surface area (Å²) in [5.41, 5.74) is 2.40. The van der Waals surface area contributed by atoms with Gasteiger partial charge in [-0.1, -0.05) is 102 Å². The second kappa shape index (κ2) is 17.9. The highest BCUT2D eigenvalue weighted by molar-refractivity contribution is 6.03. The number of nitrogens with zero attached hydrogens (tertiary/aromatic N) is 3. The number of hydrazine groups is 1. The standard InChI is InChI=1S/C40H56N6O7/c1-38(2,3)32(41-8)34(48)43-30(23-26-15-11-10-12-16-26)31(47)25-46(24-27-18-20-28(21-19-27)29-17-13-14-22-42-29)44-35(49)33(39(4,5)6)45(9)40(7,36(50)51)37(52)53/h10-22,30-33,41,47H,23-25H2,1-9H3,(H,43,48)(H,44,49)(H,50,51)(H,52,53)/t30-,31-,32+,33+/m0/s1. The SMILES string of the molecule is CN[C@H](C(=O)N[C@@H](Cc1ccccc1)[C@@H](O)CN(Cc1ccc(-c2ccccn2)cc1)NC(=O)[C@@H](N(C)C(C)(C(=O)O)C(=O)O)C(C)(C)C)C(C)(C)C. The van der Waals surface area contributed by atoms with E-state index in [1.54, 1.807) is 34.0 Å². The number of rotatable bonds is 17. The average molecular weight is 733 g/mol. The molecule has 2 amide bonds. The van der Waals surface area contributed by atoms with Gasteiger partial charge in [0.1, 0.15) is 0 Å². The van der Waals surface area contributed by atoms with Crippen molar-refractivity contribution in [1.29, 1.82) is 0 Å². The zero-order valence-electron chi connectivity index (χ0n) is 32.3. The van der Waals surface area contributed by atoms with E-state index in [0.29, 0.717) is 0 Å². The van der Waals surface area contributed by atoms with E-state index in [1.807, 2.05) is 93.6 Å². The van der Waals surface area contributed by atoms with Gasteiger partial charge in [0, 0.05) is 24.8 Å². The minimum Gasteiger partial charge on any atom is -0.479 e. The normalized spacial score (nSPS) is 14.6. The van der Waals surface area contributed by atoms with E-state index in [4.69, 9.17) is 0 Å². The van der Waals surface area contributed by atoms with Gasteiger partial charge < -0.3 is 26.0 Å². The third-order valence-electron chi connectivity index (χ3n) is 9.47. The molecule has 4 atom stereocenters. The molecule has 0 radical (unpaired) electrons. The molecule has 0 aliphatic heterocycles. The molecule has 13 nitrogen and oxygen atoms in total. The largest absolute Gasteiger partial charge is 0.479 e. The number of aromatic nitrogens is 1. The first-order chi connectivity index (χ1) is 24.7. The molecule has 3 aromatic rings. The molecule has 0 fully saturated rings. The van der Waals surface area contributed by atoms with Gasteiger partial charge in [-0.15, -0.1) is 0 Å². The van der Waals surface area contributed by atoms with E-state index >= 15 is 0 Å². The van der Waals surface area contributed by atoms with Gasteiger partial charge in [-0.3, -0.25) is 24.9 Å². The van der Waals surface area contributed by atoms with Crippen LogP contribution in [0.3, 0.4) is 0 Å². The van der Waals surface area contributed by atoms with Crippen LogP contribution in [-0.4, -0.2) is 104 Å². The fraction of sp³-hybridized carbons (Fsp3) is 0.475. The van der Waals surface area contributed by atoms with Crippen LogP contribution in [0.15, 0.2) is 79.0 Å². The predicted octanol–water partition coefficient (Wildman–Crippen LogP) is 3.58. The maximum Gasteiger partial charge on any atom is 0.335 e. The molecule has 53 heavy (non-hydrogen) atoms. The van der Waals surface area contributed by atoms with Crippen LogP contribution in [-0.2, 0) is 32.1 Å². The molecule has 0 saturated carbocycles. The monoisotopic (exact) mass is 732 g/mol. The smallest absolute Gasteiger partial charge is 0.335 e. The fourth-order valence-electron chi connectivity index (χ4n) is 6.43. The van der Waals surface area contributed by atoms with Crippen molar-refractivity contribution in [3.8, 4) is 11.3 Å². The molecular formula is C40H56N6O7. The van der Waals surface area contributed by atoms with Crippen LogP contribution >= 0.6 is 0 Å². The van der Waals surface area contributed by atoms with Crippen LogP contribution < -0.4 is 16.1 Å². The van der Waals surface area contributed by atoms with Crippen LogP contribution in [0.2, 0.25) is 0 Å². The molecule has 0 spiro atoms. The number of nitrogens with one attached hydrogen (secondary N) is 3. The maximum atomic E-state index is 14.3. The zero-order valence-corrected chi connectivity index (χ0v) is 32.3. The fourth-order valence-corrected chi connectivity index (χ4v) is 6.43. The second-order valence-electron chi connectivity index (χ2n) is 15.8. The minimum atomic E-state index is -2.43. The highest BCUT2D eigenvalue weighted by Gasteiger charge is 2.52. The van der Waals surface area contributed by atoms with Crippen molar-refractivity contribution < 1.29 is 34.5 Å². The summed E-state index contributed by atoms with van der Waals surface area (Å²) in [5.74, 6) is -4.21. The van der Waals surface area contributed by atoms with Gasteiger partial charge in [0.05, 0.1) is 29.9 Å². The Balaban J connectivity index is 2.03. The number of pyridine rings is 1. The summed E-state index contributed by atoms with van der Waals surface area (Å²) in [6.07, 6.45) is 0.784. The lowest BCUT2D eigenvalue weighted by molar-refractivity contribution is -0.170. The molecule has 1 heterocycles. The van der Waals surface area contributed by atoms with Gasteiger partial charge in [-0.25, -0.2) is 14.6 Å². The summed E-state index contributed by atoms with van der Waals surface area (Å²) >= 11 is 0. The van der Waals surface area contributed by atoms with E-state index in [2.05, 4.69) is 21.0 Å². The van der Waals surface area contributed by atoms with Gasteiger partial charge in [-0.2, -0.15) is 0 Å². The number of amides is 2. The topological polar surface area (TPSA) is 184 Å². The van der Waals surface area contributed by atoms with E-state index < -0.39 is 58.4 Å². The number of carbonyl (C=O) groups excluding carboxylic acids is 2. The molecule has 288 valence electrons. The van der Waals surface area contributed by atoms with Crippen molar-refractivity contribution in [2.45, 2.75) is 91.2 Å². The lowest BCUT2D eigenvalue weighted by Gasteiger charge is -2.43. The summed E-state index contributed by atoms with van der Waals surface area (Å²) in [6.45, 7) is 12.0. The number of hydrogen-bond donors (Lipinski definition) is 6. The first kappa shape index (κ1) is 42.7. The van der Waals surface area contributed by atoms with Crippen LogP contribution in [0.4, 0.5) is 0 Å². The molecule has 0 saturated heterocycles. The van der Waals surface area contributed by atoms with Crippen LogP contribution in [0, 0.1) is 10.8 Å². The average Bonchev–Trinajstić information content (AvgIpc) is 3.07. The Morgan fingerprint density at radius 2 is 1.36 bits per heavy atom. The number of likely N-dealkylation sites (N-methyl/N-ethyl adjacent to an activating group) is 2. The summed E-state index contributed by atoms with van der Waals surface area (Å²) in [6, 6.07) is 20.0. The molecule has 0 unspecified atom stereocenters.